The van der Waals surface area contributed by atoms with E-state index in [0.29, 0.717) is 5.75 Å². The second kappa shape index (κ2) is 9.54. The molecule has 2 fully saturated rings. The van der Waals surface area contributed by atoms with Crippen LogP contribution in [0.1, 0.15) is 56.1 Å². The Morgan fingerprint density at radius 3 is 2.35 bits per heavy atom. The fraction of sp³-hybridized carbons (Fsp3) is 0.462. The van der Waals surface area contributed by atoms with E-state index in [4.69, 9.17) is 4.74 Å². The van der Waals surface area contributed by atoms with E-state index >= 15 is 0 Å². The van der Waals surface area contributed by atoms with Crippen molar-refractivity contribution >= 4 is 17.5 Å². The summed E-state index contributed by atoms with van der Waals surface area (Å²) in [5, 5.41) is 3.12. The lowest BCUT2D eigenvalue weighted by Crippen LogP contribution is -2.38. The maximum Gasteiger partial charge on any atom is 0.260 e. The Morgan fingerprint density at radius 2 is 1.68 bits per heavy atom. The van der Waals surface area contributed by atoms with Gasteiger partial charge >= 0.3 is 0 Å². The highest BCUT2D eigenvalue weighted by Crippen LogP contribution is 2.42. The molecule has 2 aromatic carbocycles. The van der Waals surface area contributed by atoms with Gasteiger partial charge in [0.1, 0.15) is 5.75 Å². The largest absolute Gasteiger partial charge is 0.484 e. The number of rotatable bonds is 6. The molecule has 1 saturated heterocycles. The van der Waals surface area contributed by atoms with E-state index < -0.39 is 5.41 Å². The molecule has 2 aromatic rings. The lowest BCUT2D eigenvalue weighted by Gasteiger charge is -2.28. The zero-order valence-electron chi connectivity index (χ0n) is 18.4. The molecule has 0 atom stereocenters. The van der Waals surface area contributed by atoms with Gasteiger partial charge in [0.2, 0.25) is 5.91 Å². The molecule has 0 aromatic heterocycles. The quantitative estimate of drug-likeness (QED) is 0.728. The van der Waals surface area contributed by atoms with Crippen LogP contribution in [0.5, 0.6) is 5.75 Å². The summed E-state index contributed by atoms with van der Waals surface area (Å²) in [6, 6.07) is 15.6. The topological polar surface area (TPSA) is 58.6 Å². The predicted molar refractivity (Wildman–Crippen MR) is 122 cm³/mol. The maximum atomic E-state index is 13.3. The minimum absolute atomic E-state index is 0.0402. The van der Waals surface area contributed by atoms with E-state index in [2.05, 4.69) is 30.4 Å². The Bertz CT molecular complexity index is 911. The van der Waals surface area contributed by atoms with Crippen molar-refractivity contribution in [3.05, 3.63) is 59.7 Å². The van der Waals surface area contributed by atoms with Crippen molar-refractivity contribution in [2.75, 3.05) is 25.0 Å². The third-order valence-electron chi connectivity index (χ3n) is 6.65. The van der Waals surface area contributed by atoms with Gasteiger partial charge in [0.25, 0.3) is 5.91 Å². The van der Waals surface area contributed by atoms with Gasteiger partial charge in [0.15, 0.2) is 6.61 Å². The smallest absolute Gasteiger partial charge is 0.260 e. The van der Waals surface area contributed by atoms with Crippen LogP contribution in [0.2, 0.25) is 0 Å². The second-order valence-corrected chi connectivity index (χ2v) is 8.87. The molecule has 1 aliphatic carbocycles. The summed E-state index contributed by atoms with van der Waals surface area (Å²) in [6.45, 7) is 3.78. The summed E-state index contributed by atoms with van der Waals surface area (Å²) >= 11 is 0. The highest BCUT2D eigenvalue weighted by molar-refractivity contribution is 5.99. The number of carbonyl (C=O) groups excluding carboxylic acids is 2. The number of nitrogens with zero attached hydrogens (tertiary/aromatic N) is 1. The highest BCUT2D eigenvalue weighted by atomic mass is 16.5. The van der Waals surface area contributed by atoms with Gasteiger partial charge in [-0.2, -0.15) is 0 Å². The molecule has 1 aliphatic heterocycles. The number of aryl methyl sites for hydroxylation is 1. The van der Waals surface area contributed by atoms with Gasteiger partial charge in [0, 0.05) is 18.8 Å². The standard InChI is InChI=1S/C26H32N2O3/c1-20-8-7-9-21(18-20)26(14-3-4-15-26)25(30)27-22-10-12-23(13-11-22)31-19-24(29)28-16-5-2-6-17-28/h7-13,18H,2-6,14-17,19H2,1H3,(H,27,30). The van der Waals surface area contributed by atoms with Crippen LogP contribution in [-0.4, -0.2) is 36.4 Å². The molecule has 0 unspecified atom stereocenters. The molecule has 5 nitrogen and oxygen atoms in total. The molecule has 0 bridgehead atoms. The van der Waals surface area contributed by atoms with Crippen LogP contribution in [0.25, 0.3) is 0 Å². The van der Waals surface area contributed by atoms with Crippen LogP contribution >= 0.6 is 0 Å². The molecule has 164 valence electrons. The normalized spacial score (nSPS) is 17.9. The lowest BCUT2D eigenvalue weighted by atomic mass is 9.77. The Labute approximate surface area is 184 Å². The van der Waals surface area contributed by atoms with Gasteiger partial charge in [0.05, 0.1) is 5.41 Å². The number of amides is 2. The van der Waals surface area contributed by atoms with Crippen LogP contribution in [0.4, 0.5) is 5.69 Å². The number of benzene rings is 2. The van der Waals surface area contributed by atoms with Gasteiger partial charge in [-0.1, -0.05) is 42.7 Å². The summed E-state index contributed by atoms with van der Waals surface area (Å²) in [4.78, 5) is 27.5. The van der Waals surface area contributed by atoms with Crippen molar-refractivity contribution in [2.45, 2.75) is 57.3 Å². The van der Waals surface area contributed by atoms with Crippen molar-refractivity contribution in [3.8, 4) is 5.75 Å². The molecule has 4 rings (SSSR count). The number of ether oxygens (including phenoxy) is 1. The third-order valence-corrected chi connectivity index (χ3v) is 6.65. The molecule has 1 heterocycles. The van der Waals surface area contributed by atoms with Gasteiger partial charge in [-0.25, -0.2) is 0 Å². The fourth-order valence-corrected chi connectivity index (χ4v) is 4.83. The Hall–Kier alpha value is -2.82. The second-order valence-electron chi connectivity index (χ2n) is 8.87. The van der Waals surface area contributed by atoms with Crippen molar-refractivity contribution in [2.24, 2.45) is 0 Å². The molecular formula is C26H32N2O3. The first kappa shape index (κ1) is 21.4. The molecule has 1 N–H and O–H groups in total. The summed E-state index contributed by atoms with van der Waals surface area (Å²) in [6.07, 6.45) is 7.24. The molecule has 5 heteroatoms. The number of carbonyl (C=O) groups is 2. The van der Waals surface area contributed by atoms with Crippen molar-refractivity contribution in [1.82, 2.24) is 4.90 Å². The number of piperidine rings is 1. The average Bonchev–Trinajstić information content (AvgIpc) is 3.30. The van der Waals surface area contributed by atoms with Crippen LogP contribution in [0.3, 0.4) is 0 Å². The summed E-state index contributed by atoms with van der Waals surface area (Å²) < 4.78 is 5.68. The molecule has 2 amide bonds. The molecule has 31 heavy (non-hydrogen) atoms. The first-order chi connectivity index (χ1) is 15.1. The number of anilines is 1. The molecular weight excluding hydrogens is 388 g/mol. The summed E-state index contributed by atoms with van der Waals surface area (Å²) in [7, 11) is 0. The summed E-state index contributed by atoms with van der Waals surface area (Å²) in [5.41, 5.74) is 2.58. The zero-order chi connectivity index (χ0) is 21.7. The van der Waals surface area contributed by atoms with E-state index in [0.717, 1.165) is 62.9 Å². The van der Waals surface area contributed by atoms with Crippen LogP contribution in [0.15, 0.2) is 48.5 Å². The van der Waals surface area contributed by atoms with Crippen LogP contribution in [0, 0.1) is 6.92 Å². The van der Waals surface area contributed by atoms with E-state index in [1.165, 1.54) is 12.0 Å². The van der Waals surface area contributed by atoms with Crippen LogP contribution in [-0.2, 0) is 15.0 Å². The number of likely N-dealkylation sites (tertiary alicyclic amines) is 1. The van der Waals surface area contributed by atoms with Crippen molar-refractivity contribution in [1.29, 1.82) is 0 Å². The first-order valence-corrected chi connectivity index (χ1v) is 11.5. The first-order valence-electron chi connectivity index (χ1n) is 11.5. The Morgan fingerprint density at radius 1 is 0.968 bits per heavy atom. The van der Waals surface area contributed by atoms with Crippen LogP contribution < -0.4 is 10.1 Å². The lowest BCUT2D eigenvalue weighted by molar-refractivity contribution is -0.134. The highest BCUT2D eigenvalue weighted by Gasteiger charge is 2.42. The van der Waals surface area contributed by atoms with E-state index in [1.54, 1.807) is 0 Å². The zero-order valence-corrected chi connectivity index (χ0v) is 18.4. The van der Waals surface area contributed by atoms with Crippen molar-refractivity contribution < 1.29 is 14.3 Å². The van der Waals surface area contributed by atoms with Gasteiger partial charge in [-0.15, -0.1) is 0 Å². The third kappa shape index (κ3) is 4.92. The van der Waals surface area contributed by atoms with Crippen molar-refractivity contribution in [3.63, 3.8) is 0 Å². The SMILES string of the molecule is Cc1cccc(C2(C(=O)Nc3ccc(OCC(=O)N4CCCCC4)cc3)CCCC2)c1. The van der Waals surface area contributed by atoms with E-state index in [9.17, 15) is 9.59 Å². The van der Waals surface area contributed by atoms with E-state index in [-0.39, 0.29) is 18.4 Å². The molecule has 2 aliphatic rings. The molecule has 1 saturated carbocycles. The average molecular weight is 421 g/mol. The molecule has 0 radical (unpaired) electrons. The Balaban J connectivity index is 1.37. The Kier molecular flexibility index (Phi) is 6.59. The molecule has 0 spiro atoms. The number of hydrogen-bond acceptors (Lipinski definition) is 3. The van der Waals surface area contributed by atoms with E-state index in [1.807, 2.05) is 35.2 Å². The van der Waals surface area contributed by atoms with Gasteiger partial charge in [-0.05, 0) is 68.9 Å². The minimum atomic E-state index is -0.456. The maximum absolute atomic E-state index is 13.3. The minimum Gasteiger partial charge on any atom is -0.484 e. The predicted octanol–water partition coefficient (Wildman–Crippen LogP) is 4.84. The van der Waals surface area contributed by atoms with Gasteiger partial charge in [-0.3, -0.25) is 9.59 Å². The number of hydrogen-bond donors (Lipinski definition) is 1. The monoisotopic (exact) mass is 420 g/mol. The van der Waals surface area contributed by atoms with Gasteiger partial charge < -0.3 is 15.0 Å². The summed E-state index contributed by atoms with van der Waals surface area (Å²) in [5.74, 6) is 0.737. The fourth-order valence-electron chi connectivity index (χ4n) is 4.83. The number of nitrogens with one attached hydrogen (secondary N) is 1.